The number of piperazine rings is 1. The van der Waals surface area contributed by atoms with E-state index in [9.17, 15) is 4.79 Å². The molecule has 1 atom stereocenters. The maximum atomic E-state index is 12.5. The van der Waals surface area contributed by atoms with Crippen LogP contribution in [-0.4, -0.2) is 67.7 Å². The first kappa shape index (κ1) is 22.3. The van der Waals surface area contributed by atoms with Crippen molar-refractivity contribution in [3.63, 3.8) is 0 Å². The molecule has 1 unspecified atom stereocenters. The van der Waals surface area contributed by atoms with E-state index in [2.05, 4.69) is 59.3 Å². The SMILES string of the molecule is Cc1ccc(Sc2ccc(NC(=O)CN3CCN(CC4CCCO4)CC3)cc2)c(C)c1. The Kier molecular flexibility index (Phi) is 7.67. The number of ether oxygens (including phenoxy) is 1. The van der Waals surface area contributed by atoms with Gasteiger partial charge < -0.3 is 10.1 Å². The number of nitrogens with zero attached hydrogens (tertiary/aromatic N) is 2. The first-order valence-electron chi connectivity index (χ1n) is 11.3. The summed E-state index contributed by atoms with van der Waals surface area (Å²) in [6, 6.07) is 14.6. The molecule has 0 saturated carbocycles. The summed E-state index contributed by atoms with van der Waals surface area (Å²) in [5, 5.41) is 3.05. The maximum absolute atomic E-state index is 12.5. The second kappa shape index (κ2) is 10.6. The Bertz CT molecular complexity index is 873. The fourth-order valence-electron chi connectivity index (χ4n) is 4.26. The molecule has 0 spiro atoms. The van der Waals surface area contributed by atoms with E-state index >= 15 is 0 Å². The van der Waals surface area contributed by atoms with E-state index in [-0.39, 0.29) is 5.91 Å². The summed E-state index contributed by atoms with van der Waals surface area (Å²) in [6.45, 7) is 10.6. The highest BCUT2D eigenvalue weighted by Crippen LogP contribution is 2.31. The lowest BCUT2D eigenvalue weighted by Gasteiger charge is -2.35. The highest BCUT2D eigenvalue weighted by atomic mass is 32.2. The summed E-state index contributed by atoms with van der Waals surface area (Å²) < 4.78 is 5.74. The minimum absolute atomic E-state index is 0.0577. The Morgan fingerprint density at radius 1 is 1.06 bits per heavy atom. The molecule has 1 amide bonds. The second-order valence-electron chi connectivity index (χ2n) is 8.66. The van der Waals surface area contributed by atoms with Crippen molar-refractivity contribution in [3.8, 4) is 0 Å². The zero-order valence-electron chi connectivity index (χ0n) is 18.6. The van der Waals surface area contributed by atoms with Gasteiger partial charge in [0, 0.05) is 54.8 Å². The molecule has 0 radical (unpaired) electrons. The number of hydrogen-bond donors (Lipinski definition) is 1. The number of aryl methyl sites for hydroxylation is 2. The largest absolute Gasteiger partial charge is 0.377 e. The average Bonchev–Trinajstić information content (AvgIpc) is 3.26. The van der Waals surface area contributed by atoms with Crippen LogP contribution in [0, 0.1) is 13.8 Å². The average molecular weight is 440 g/mol. The van der Waals surface area contributed by atoms with Crippen LogP contribution in [0.4, 0.5) is 5.69 Å². The van der Waals surface area contributed by atoms with Gasteiger partial charge in [0.05, 0.1) is 12.6 Å². The molecule has 2 saturated heterocycles. The van der Waals surface area contributed by atoms with E-state index in [1.54, 1.807) is 11.8 Å². The zero-order valence-corrected chi connectivity index (χ0v) is 19.4. The Morgan fingerprint density at radius 2 is 1.81 bits per heavy atom. The van der Waals surface area contributed by atoms with Crippen molar-refractivity contribution in [2.24, 2.45) is 0 Å². The van der Waals surface area contributed by atoms with Crippen LogP contribution >= 0.6 is 11.8 Å². The summed E-state index contributed by atoms with van der Waals surface area (Å²) in [7, 11) is 0. The standard InChI is InChI=1S/C25H33N3O2S/c1-19-5-10-24(20(2)16-19)31-23-8-6-21(7-9-23)26-25(29)18-28-13-11-27(12-14-28)17-22-4-3-15-30-22/h5-10,16,22H,3-4,11-15,17-18H2,1-2H3,(H,26,29). The van der Waals surface area contributed by atoms with Gasteiger partial charge >= 0.3 is 0 Å². The topological polar surface area (TPSA) is 44.8 Å². The van der Waals surface area contributed by atoms with Crippen LogP contribution in [0.25, 0.3) is 0 Å². The van der Waals surface area contributed by atoms with Gasteiger partial charge in [0.25, 0.3) is 0 Å². The van der Waals surface area contributed by atoms with Crippen LogP contribution in [-0.2, 0) is 9.53 Å². The van der Waals surface area contributed by atoms with Crippen LogP contribution in [0.5, 0.6) is 0 Å². The number of amides is 1. The molecule has 6 heteroatoms. The number of hydrogen-bond acceptors (Lipinski definition) is 5. The molecule has 1 N–H and O–H groups in total. The molecule has 2 aromatic rings. The highest BCUT2D eigenvalue weighted by Gasteiger charge is 2.23. The molecular weight excluding hydrogens is 406 g/mol. The van der Waals surface area contributed by atoms with Gasteiger partial charge in [-0.05, 0) is 62.6 Å². The zero-order chi connectivity index (χ0) is 21.6. The van der Waals surface area contributed by atoms with Crippen molar-refractivity contribution in [2.45, 2.75) is 42.6 Å². The second-order valence-corrected chi connectivity index (χ2v) is 9.77. The molecule has 0 aromatic heterocycles. The number of nitrogens with one attached hydrogen (secondary N) is 1. The van der Waals surface area contributed by atoms with E-state index in [1.165, 1.54) is 33.8 Å². The first-order chi connectivity index (χ1) is 15.0. The normalized spacial score (nSPS) is 20.1. The van der Waals surface area contributed by atoms with Crippen molar-refractivity contribution in [3.05, 3.63) is 53.6 Å². The number of carbonyl (C=O) groups excluding carboxylic acids is 1. The molecule has 4 rings (SSSR count). The summed E-state index contributed by atoms with van der Waals surface area (Å²) in [5.74, 6) is 0.0577. The van der Waals surface area contributed by atoms with Gasteiger partial charge in [-0.1, -0.05) is 29.5 Å². The van der Waals surface area contributed by atoms with Gasteiger partial charge in [0.15, 0.2) is 0 Å². The van der Waals surface area contributed by atoms with Crippen molar-refractivity contribution in [2.75, 3.05) is 51.2 Å². The van der Waals surface area contributed by atoms with E-state index < -0.39 is 0 Å². The molecule has 31 heavy (non-hydrogen) atoms. The van der Waals surface area contributed by atoms with Gasteiger partial charge in [0.1, 0.15) is 0 Å². The third-order valence-corrected chi connectivity index (χ3v) is 7.20. The summed E-state index contributed by atoms with van der Waals surface area (Å²) >= 11 is 1.76. The Hall–Kier alpha value is -1.86. The molecule has 2 aliphatic heterocycles. The van der Waals surface area contributed by atoms with Crippen LogP contribution in [0.3, 0.4) is 0 Å². The molecule has 0 bridgehead atoms. The minimum Gasteiger partial charge on any atom is -0.377 e. The monoisotopic (exact) mass is 439 g/mol. The summed E-state index contributed by atoms with van der Waals surface area (Å²) in [4.78, 5) is 19.7. The van der Waals surface area contributed by atoms with Crippen LogP contribution in [0.15, 0.2) is 52.3 Å². The molecule has 5 nitrogen and oxygen atoms in total. The van der Waals surface area contributed by atoms with Crippen molar-refractivity contribution < 1.29 is 9.53 Å². The number of anilines is 1. The van der Waals surface area contributed by atoms with E-state index in [1.807, 2.05) is 12.1 Å². The predicted octanol–water partition coefficient (Wildman–Crippen LogP) is 4.19. The van der Waals surface area contributed by atoms with Gasteiger partial charge in [0.2, 0.25) is 5.91 Å². The van der Waals surface area contributed by atoms with Crippen LogP contribution < -0.4 is 5.32 Å². The minimum atomic E-state index is 0.0577. The molecule has 0 aliphatic carbocycles. The number of rotatable bonds is 7. The molecular formula is C25H33N3O2S. The van der Waals surface area contributed by atoms with Gasteiger partial charge in [-0.3, -0.25) is 14.6 Å². The molecule has 2 heterocycles. The summed E-state index contributed by atoms with van der Waals surface area (Å²) in [6.07, 6.45) is 2.78. The van der Waals surface area contributed by atoms with Crippen LogP contribution in [0.1, 0.15) is 24.0 Å². The smallest absolute Gasteiger partial charge is 0.238 e. The van der Waals surface area contributed by atoms with E-state index in [4.69, 9.17) is 4.74 Å². The number of benzene rings is 2. The Morgan fingerprint density at radius 3 is 2.48 bits per heavy atom. The van der Waals surface area contributed by atoms with Crippen molar-refractivity contribution >= 4 is 23.4 Å². The fraction of sp³-hybridized carbons (Fsp3) is 0.480. The highest BCUT2D eigenvalue weighted by molar-refractivity contribution is 7.99. The van der Waals surface area contributed by atoms with Gasteiger partial charge in [-0.25, -0.2) is 0 Å². The predicted molar refractivity (Wildman–Crippen MR) is 127 cm³/mol. The fourth-order valence-corrected chi connectivity index (χ4v) is 5.14. The lowest BCUT2D eigenvalue weighted by Crippen LogP contribution is -2.50. The third kappa shape index (κ3) is 6.56. The number of carbonyl (C=O) groups is 1. The molecule has 2 aliphatic rings. The van der Waals surface area contributed by atoms with Crippen molar-refractivity contribution in [1.29, 1.82) is 0 Å². The van der Waals surface area contributed by atoms with Gasteiger partial charge in [-0.15, -0.1) is 0 Å². The first-order valence-corrected chi connectivity index (χ1v) is 12.1. The van der Waals surface area contributed by atoms with E-state index in [0.717, 1.165) is 45.0 Å². The Labute approximate surface area is 190 Å². The lowest BCUT2D eigenvalue weighted by atomic mass is 10.2. The Balaban J connectivity index is 1.21. The lowest BCUT2D eigenvalue weighted by molar-refractivity contribution is -0.117. The van der Waals surface area contributed by atoms with Crippen LogP contribution in [0.2, 0.25) is 0 Å². The molecule has 2 fully saturated rings. The summed E-state index contributed by atoms with van der Waals surface area (Å²) in [5.41, 5.74) is 3.43. The van der Waals surface area contributed by atoms with Gasteiger partial charge in [-0.2, -0.15) is 0 Å². The van der Waals surface area contributed by atoms with E-state index in [0.29, 0.717) is 12.6 Å². The van der Waals surface area contributed by atoms with Crippen molar-refractivity contribution in [1.82, 2.24) is 9.80 Å². The molecule has 166 valence electrons. The quantitative estimate of drug-likeness (QED) is 0.701. The maximum Gasteiger partial charge on any atom is 0.238 e. The molecule has 2 aromatic carbocycles. The third-order valence-electron chi connectivity index (χ3n) is 6.01.